The highest BCUT2D eigenvalue weighted by molar-refractivity contribution is 5.45. The van der Waals surface area contributed by atoms with Gasteiger partial charge in [0.25, 0.3) is 0 Å². The van der Waals surface area contributed by atoms with Gasteiger partial charge in [0.15, 0.2) is 0 Å². The van der Waals surface area contributed by atoms with E-state index in [1.165, 1.54) is 5.69 Å². The molecule has 0 aromatic heterocycles. The molecule has 0 fully saturated rings. The predicted octanol–water partition coefficient (Wildman–Crippen LogP) is 1.87. The van der Waals surface area contributed by atoms with E-state index in [1.807, 2.05) is 6.07 Å². The van der Waals surface area contributed by atoms with E-state index in [9.17, 15) is 5.11 Å². The summed E-state index contributed by atoms with van der Waals surface area (Å²) in [5.41, 5.74) is 1.25. The third kappa shape index (κ3) is 4.75. The van der Waals surface area contributed by atoms with Crippen LogP contribution in [0.2, 0.25) is 0 Å². The molecule has 0 spiro atoms. The Morgan fingerprint density at radius 1 is 1.24 bits per heavy atom. The number of hydrogen-bond acceptors (Lipinski definition) is 3. The zero-order valence-corrected chi connectivity index (χ0v) is 10.9. The lowest BCUT2D eigenvalue weighted by atomic mass is 10.2. The second-order valence-electron chi connectivity index (χ2n) is 4.14. The molecular formula is C14H24N2O. The van der Waals surface area contributed by atoms with Crippen molar-refractivity contribution < 1.29 is 5.11 Å². The van der Waals surface area contributed by atoms with E-state index < -0.39 is 0 Å². The first kappa shape index (κ1) is 14.0. The van der Waals surface area contributed by atoms with Crippen LogP contribution in [0.3, 0.4) is 0 Å². The molecule has 1 aromatic carbocycles. The van der Waals surface area contributed by atoms with Crippen molar-refractivity contribution in [1.82, 2.24) is 5.32 Å². The van der Waals surface area contributed by atoms with E-state index in [1.54, 1.807) is 0 Å². The van der Waals surface area contributed by atoms with Crippen LogP contribution in [0.5, 0.6) is 0 Å². The van der Waals surface area contributed by atoms with E-state index in [0.717, 1.165) is 26.1 Å². The molecule has 1 unspecified atom stereocenters. The van der Waals surface area contributed by atoms with Gasteiger partial charge in [-0.1, -0.05) is 25.1 Å². The number of likely N-dealkylation sites (N-methyl/N-ethyl adjacent to an activating group) is 1. The smallest absolute Gasteiger partial charge is 0.0585 e. The number of benzene rings is 1. The molecular weight excluding hydrogens is 212 g/mol. The maximum atomic E-state index is 9.23. The van der Waals surface area contributed by atoms with Crippen molar-refractivity contribution in [3.8, 4) is 0 Å². The van der Waals surface area contributed by atoms with Crippen molar-refractivity contribution in [3.63, 3.8) is 0 Å². The minimum absolute atomic E-state index is 0.206. The maximum absolute atomic E-state index is 9.23. The van der Waals surface area contributed by atoms with Gasteiger partial charge in [0, 0.05) is 24.8 Å². The predicted molar refractivity (Wildman–Crippen MR) is 73.5 cm³/mol. The molecule has 1 rings (SSSR count). The molecule has 0 amide bonds. The quantitative estimate of drug-likeness (QED) is 0.723. The first-order valence-electron chi connectivity index (χ1n) is 6.46. The fourth-order valence-corrected chi connectivity index (χ4v) is 1.97. The average molecular weight is 236 g/mol. The highest BCUT2D eigenvalue weighted by Gasteiger charge is 2.09. The Bertz CT molecular complexity index is 290. The van der Waals surface area contributed by atoms with Crippen LogP contribution in [0.4, 0.5) is 5.69 Å². The van der Waals surface area contributed by atoms with E-state index in [0.29, 0.717) is 0 Å². The van der Waals surface area contributed by atoms with Crippen molar-refractivity contribution >= 4 is 5.69 Å². The first-order chi connectivity index (χ1) is 8.31. The molecule has 0 saturated carbocycles. The Hall–Kier alpha value is -1.06. The van der Waals surface area contributed by atoms with E-state index in [-0.39, 0.29) is 12.6 Å². The first-order valence-corrected chi connectivity index (χ1v) is 6.46. The van der Waals surface area contributed by atoms with Crippen LogP contribution in [0, 0.1) is 0 Å². The topological polar surface area (TPSA) is 35.5 Å². The van der Waals surface area contributed by atoms with Crippen molar-refractivity contribution in [2.24, 2.45) is 0 Å². The number of aliphatic hydroxyl groups is 1. The third-order valence-electron chi connectivity index (χ3n) is 2.96. The van der Waals surface area contributed by atoms with Gasteiger partial charge in [0.2, 0.25) is 0 Å². The lowest BCUT2D eigenvalue weighted by molar-refractivity contribution is 0.238. The Balaban J connectivity index is 2.47. The normalized spacial score (nSPS) is 12.4. The SMILES string of the molecule is CCNC(CO)CCN(CC)c1ccccc1. The van der Waals surface area contributed by atoms with Gasteiger partial charge in [-0.3, -0.25) is 0 Å². The number of para-hydroxylation sites is 1. The molecule has 3 heteroatoms. The van der Waals surface area contributed by atoms with Crippen LogP contribution >= 0.6 is 0 Å². The van der Waals surface area contributed by atoms with Crippen LogP contribution in [0.15, 0.2) is 30.3 Å². The minimum Gasteiger partial charge on any atom is -0.395 e. The summed E-state index contributed by atoms with van der Waals surface area (Å²) in [5.74, 6) is 0. The molecule has 17 heavy (non-hydrogen) atoms. The van der Waals surface area contributed by atoms with Crippen molar-refractivity contribution in [2.45, 2.75) is 26.3 Å². The molecule has 0 radical (unpaired) electrons. The van der Waals surface area contributed by atoms with Gasteiger partial charge >= 0.3 is 0 Å². The standard InChI is InChI=1S/C14H24N2O/c1-3-15-13(12-17)10-11-16(4-2)14-8-6-5-7-9-14/h5-9,13,15,17H,3-4,10-12H2,1-2H3. The summed E-state index contributed by atoms with van der Waals surface area (Å²) in [6.45, 7) is 7.31. The van der Waals surface area contributed by atoms with Crippen LogP contribution in [-0.2, 0) is 0 Å². The molecule has 0 bridgehead atoms. The van der Waals surface area contributed by atoms with Crippen LogP contribution in [0.25, 0.3) is 0 Å². The van der Waals surface area contributed by atoms with E-state index in [4.69, 9.17) is 0 Å². The van der Waals surface area contributed by atoms with Gasteiger partial charge in [-0.05, 0) is 32.0 Å². The Labute approximate surface area is 104 Å². The Kier molecular flexibility index (Phi) is 6.67. The van der Waals surface area contributed by atoms with Gasteiger partial charge in [-0.25, -0.2) is 0 Å². The minimum atomic E-state index is 0.206. The summed E-state index contributed by atoms with van der Waals surface area (Å²) in [5, 5.41) is 12.5. The summed E-state index contributed by atoms with van der Waals surface area (Å²) < 4.78 is 0. The van der Waals surface area contributed by atoms with Gasteiger partial charge < -0.3 is 15.3 Å². The fraction of sp³-hybridized carbons (Fsp3) is 0.571. The second-order valence-corrected chi connectivity index (χ2v) is 4.14. The van der Waals surface area contributed by atoms with Crippen LogP contribution in [-0.4, -0.2) is 37.4 Å². The molecule has 2 N–H and O–H groups in total. The molecule has 1 atom stereocenters. The van der Waals surface area contributed by atoms with Crippen molar-refractivity contribution in [1.29, 1.82) is 0 Å². The fourth-order valence-electron chi connectivity index (χ4n) is 1.97. The highest BCUT2D eigenvalue weighted by Crippen LogP contribution is 2.13. The van der Waals surface area contributed by atoms with Crippen LogP contribution in [0.1, 0.15) is 20.3 Å². The Morgan fingerprint density at radius 3 is 2.47 bits per heavy atom. The number of nitrogens with zero attached hydrogens (tertiary/aromatic N) is 1. The number of anilines is 1. The van der Waals surface area contributed by atoms with Gasteiger partial charge in [-0.15, -0.1) is 0 Å². The van der Waals surface area contributed by atoms with Gasteiger partial charge in [0.05, 0.1) is 6.61 Å². The number of aliphatic hydroxyl groups excluding tert-OH is 1. The summed E-state index contributed by atoms with van der Waals surface area (Å²) >= 11 is 0. The largest absolute Gasteiger partial charge is 0.395 e. The Morgan fingerprint density at radius 2 is 1.94 bits per heavy atom. The monoisotopic (exact) mass is 236 g/mol. The summed E-state index contributed by atoms with van der Waals surface area (Å²) in [6.07, 6.45) is 0.965. The average Bonchev–Trinajstić information content (AvgIpc) is 2.39. The van der Waals surface area contributed by atoms with Crippen molar-refractivity contribution in [3.05, 3.63) is 30.3 Å². The third-order valence-corrected chi connectivity index (χ3v) is 2.96. The summed E-state index contributed by atoms with van der Waals surface area (Å²) in [6, 6.07) is 10.6. The van der Waals surface area contributed by atoms with Gasteiger partial charge in [0.1, 0.15) is 0 Å². The summed E-state index contributed by atoms with van der Waals surface area (Å²) in [4.78, 5) is 2.33. The lowest BCUT2D eigenvalue weighted by Crippen LogP contribution is -2.36. The van der Waals surface area contributed by atoms with E-state index in [2.05, 4.69) is 48.3 Å². The molecule has 96 valence electrons. The molecule has 0 saturated heterocycles. The molecule has 0 aliphatic rings. The molecule has 3 nitrogen and oxygen atoms in total. The zero-order valence-electron chi connectivity index (χ0n) is 10.9. The second kappa shape index (κ2) is 8.09. The lowest BCUT2D eigenvalue weighted by Gasteiger charge is -2.25. The number of rotatable bonds is 8. The van der Waals surface area contributed by atoms with Crippen molar-refractivity contribution in [2.75, 3.05) is 31.1 Å². The van der Waals surface area contributed by atoms with E-state index >= 15 is 0 Å². The molecule has 0 aliphatic carbocycles. The molecule has 0 heterocycles. The van der Waals surface area contributed by atoms with Crippen LogP contribution < -0.4 is 10.2 Å². The highest BCUT2D eigenvalue weighted by atomic mass is 16.3. The van der Waals surface area contributed by atoms with Gasteiger partial charge in [-0.2, -0.15) is 0 Å². The summed E-state index contributed by atoms with van der Waals surface area (Å²) in [7, 11) is 0. The maximum Gasteiger partial charge on any atom is 0.0585 e. The number of nitrogens with one attached hydrogen (secondary N) is 1. The molecule has 0 aliphatic heterocycles. The number of hydrogen-bond donors (Lipinski definition) is 2. The molecule has 1 aromatic rings. The zero-order chi connectivity index (χ0) is 12.5.